The fraction of sp³-hybridized carbons (Fsp3) is 0.611. The van der Waals surface area contributed by atoms with Crippen LogP contribution in [0.1, 0.15) is 38.0 Å². The Labute approximate surface area is 157 Å². The molecular formula is C18H25NO4S2. The second-order valence-electron chi connectivity index (χ2n) is 7.21. The molecule has 3 rings (SSSR count). The molecule has 0 radical (unpaired) electrons. The highest BCUT2D eigenvalue weighted by atomic mass is 32.2. The van der Waals surface area contributed by atoms with Gasteiger partial charge in [0.2, 0.25) is 5.79 Å². The van der Waals surface area contributed by atoms with Crippen molar-refractivity contribution in [2.24, 2.45) is 5.73 Å². The molecule has 1 unspecified atom stereocenters. The summed E-state index contributed by atoms with van der Waals surface area (Å²) in [5, 5.41) is 0.236. The Kier molecular flexibility index (Phi) is 5.42. The van der Waals surface area contributed by atoms with Crippen LogP contribution in [0.25, 0.3) is 0 Å². The van der Waals surface area contributed by atoms with Crippen LogP contribution in [-0.4, -0.2) is 40.5 Å². The van der Waals surface area contributed by atoms with E-state index in [9.17, 15) is 4.79 Å². The SMILES string of the molecule is CC(C)(C)OC(=O)CC1([C@@]2(N)SCC(c3ccccc3)S2)OCCO1. The first kappa shape index (κ1) is 19.0. The van der Waals surface area contributed by atoms with Crippen molar-refractivity contribution in [3.63, 3.8) is 0 Å². The largest absolute Gasteiger partial charge is 0.460 e. The fourth-order valence-corrected chi connectivity index (χ4v) is 6.35. The number of carbonyl (C=O) groups is 1. The number of thioether (sulfide) groups is 2. The van der Waals surface area contributed by atoms with Crippen LogP contribution in [-0.2, 0) is 19.0 Å². The van der Waals surface area contributed by atoms with Gasteiger partial charge in [-0.15, -0.1) is 23.5 Å². The van der Waals surface area contributed by atoms with Gasteiger partial charge < -0.3 is 19.9 Å². The van der Waals surface area contributed by atoms with Gasteiger partial charge in [-0.05, 0) is 26.3 Å². The zero-order chi connectivity index (χ0) is 18.1. The first-order valence-electron chi connectivity index (χ1n) is 8.38. The van der Waals surface area contributed by atoms with Gasteiger partial charge in [-0.25, -0.2) is 0 Å². The van der Waals surface area contributed by atoms with Gasteiger partial charge in [-0.3, -0.25) is 4.79 Å². The zero-order valence-corrected chi connectivity index (χ0v) is 16.5. The number of rotatable bonds is 4. The lowest BCUT2D eigenvalue weighted by molar-refractivity contribution is -0.192. The highest BCUT2D eigenvalue weighted by Gasteiger charge is 2.60. The molecule has 2 heterocycles. The Balaban J connectivity index is 1.77. The van der Waals surface area contributed by atoms with Crippen molar-refractivity contribution in [2.75, 3.05) is 19.0 Å². The number of benzene rings is 1. The molecule has 25 heavy (non-hydrogen) atoms. The van der Waals surface area contributed by atoms with E-state index in [1.807, 2.05) is 39.0 Å². The Hall–Kier alpha value is -0.730. The van der Waals surface area contributed by atoms with Gasteiger partial charge in [0.05, 0.1) is 13.2 Å². The fourth-order valence-electron chi connectivity index (χ4n) is 2.96. The normalized spacial score (nSPS) is 28.9. The van der Waals surface area contributed by atoms with E-state index in [-0.39, 0.29) is 17.6 Å². The number of hydrogen-bond donors (Lipinski definition) is 1. The first-order valence-corrected chi connectivity index (χ1v) is 10.2. The van der Waals surface area contributed by atoms with E-state index in [2.05, 4.69) is 12.1 Å². The molecule has 0 aliphatic carbocycles. The number of nitrogens with two attached hydrogens (primary N) is 1. The third-order valence-corrected chi connectivity index (χ3v) is 7.50. The topological polar surface area (TPSA) is 70.8 Å². The third-order valence-electron chi connectivity index (χ3n) is 4.02. The Morgan fingerprint density at radius 1 is 1.28 bits per heavy atom. The average Bonchev–Trinajstić information content (AvgIpc) is 3.15. The van der Waals surface area contributed by atoms with Crippen molar-refractivity contribution >= 4 is 29.5 Å². The Morgan fingerprint density at radius 3 is 2.52 bits per heavy atom. The summed E-state index contributed by atoms with van der Waals surface area (Å²) >= 11 is 3.19. The molecule has 2 fully saturated rings. The van der Waals surface area contributed by atoms with Crippen molar-refractivity contribution < 1.29 is 19.0 Å². The maximum absolute atomic E-state index is 12.4. The van der Waals surface area contributed by atoms with Gasteiger partial charge >= 0.3 is 5.97 Å². The third kappa shape index (κ3) is 4.17. The highest BCUT2D eigenvalue weighted by molar-refractivity contribution is 8.21. The van der Waals surface area contributed by atoms with Crippen LogP contribution in [0.5, 0.6) is 0 Å². The van der Waals surface area contributed by atoms with Gasteiger partial charge in [0.1, 0.15) is 12.0 Å². The van der Waals surface area contributed by atoms with E-state index < -0.39 is 15.6 Å². The van der Waals surface area contributed by atoms with Crippen LogP contribution < -0.4 is 5.73 Å². The maximum Gasteiger partial charge on any atom is 0.311 e. The second kappa shape index (κ2) is 7.12. The molecule has 1 aromatic carbocycles. The lowest BCUT2D eigenvalue weighted by Crippen LogP contribution is -2.57. The van der Waals surface area contributed by atoms with Gasteiger partial charge in [0.15, 0.2) is 4.20 Å². The minimum Gasteiger partial charge on any atom is -0.460 e. The Bertz CT molecular complexity index is 613. The van der Waals surface area contributed by atoms with E-state index in [0.29, 0.717) is 13.2 Å². The maximum atomic E-state index is 12.4. The molecule has 0 bridgehead atoms. The van der Waals surface area contributed by atoms with Crippen LogP contribution >= 0.6 is 23.5 Å². The van der Waals surface area contributed by atoms with Gasteiger partial charge in [0.25, 0.3) is 0 Å². The van der Waals surface area contributed by atoms with Crippen LogP contribution in [0.4, 0.5) is 0 Å². The van der Waals surface area contributed by atoms with Crippen molar-refractivity contribution in [1.29, 1.82) is 0 Å². The molecule has 0 amide bonds. The summed E-state index contributed by atoms with van der Waals surface area (Å²) in [7, 11) is 0. The summed E-state index contributed by atoms with van der Waals surface area (Å²) in [6.45, 7) is 6.39. The number of ether oxygens (including phenoxy) is 3. The predicted octanol–water partition coefficient (Wildman–Crippen LogP) is 3.30. The summed E-state index contributed by atoms with van der Waals surface area (Å²) in [4.78, 5) is 12.4. The van der Waals surface area contributed by atoms with Crippen molar-refractivity contribution in [3.05, 3.63) is 35.9 Å². The van der Waals surface area contributed by atoms with E-state index in [1.54, 1.807) is 23.5 Å². The minimum atomic E-state index is -1.16. The molecule has 0 saturated carbocycles. The molecule has 7 heteroatoms. The predicted molar refractivity (Wildman–Crippen MR) is 101 cm³/mol. The van der Waals surface area contributed by atoms with Crippen molar-refractivity contribution in [2.45, 2.75) is 48.0 Å². The molecule has 2 aliphatic heterocycles. The lowest BCUT2D eigenvalue weighted by atomic mass is 10.1. The standard InChI is InChI=1S/C18H25NO4S2/c1-16(2,3)23-15(20)11-17(21-9-10-22-17)18(19)24-12-14(25-18)13-7-5-4-6-8-13/h4-8,14H,9-12,19H2,1-3H3/t14?,18-/m1/s1. The zero-order valence-electron chi connectivity index (χ0n) is 14.8. The van der Waals surface area contributed by atoms with E-state index >= 15 is 0 Å². The molecule has 2 saturated heterocycles. The van der Waals surface area contributed by atoms with E-state index in [1.165, 1.54) is 5.56 Å². The number of hydrogen-bond acceptors (Lipinski definition) is 7. The first-order chi connectivity index (χ1) is 11.7. The second-order valence-corrected chi connectivity index (χ2v) is 10.2. The number of esters is 1. The Morgan fingerprint density at radius 2 is 1.92 bits per heavy atom. The summed E-state index contributed by atoms with van der Waals surface area (Å²) in [5.74, 6) is -0.675. The summed E-state index contributed by atoms with van der Waals surface area (Å²) in [6, 6.07) is 10.2. The molecule has 0 aromatic heterocycles. The molecule has 2 N–H and O–H groups in total. The molecule has 2 atom stereocenters. The average molecular weight is 384 g/mol. The molecule has 5 nitrogen and oxygen atoms in total. The molecule has 138 valence electrons. The summed E-state index contributed by atoms with van der Waals surface area (Å²) in [5.41, 5.74) is 7.37. The van der Waals surface area contributed by atoms with Gasteiger partial charge in [-0.2, -0.15) is 0 Å². The molecule has 1 aromatic rings. The minimum absolute atomic E-state index is 0.0116. The van der Waals surface area contributed by atoms with Crippen LogP contribution in [0.15, 0.2) is 30.3 Å². The van der Waals surface area contributed by atoms with Crippen LogP contribution in [0, 0.1) is 0 Å². The van der Waals surface area contributed by atoms with Crippen molar-refractivity contribution in [1.82, 2.24) is 0 Å². The van der Waals surface area contributed by atoms with Crippen LogP contribution in [0.2, 0.25) is 0 Å². The summed E-state index contributed by atoms with van der Waals surface area (Å²) < 4.78 is 16.4. The number of carbonyl (C=O) groups excluding carboxylic acids is 1. The van der Waals surface area contributed by atoms with Gasteiger partial charge in [0, 0.05) is 11.0 Å². The van der Waals surface area contributed by atoms with Gasteiger partial charge in [-0.1, -0.05) is 30.3 Å². The summed E-state index contributed by atoms with van der Waals surface area (Å²) in [6.07, 6.45) is -0.0116. The molecule has 2 aliphatic rings. The monoisotopic (exact) mass is 383 g/mol. The smallest absolute Gasteiger partial charge is 0.311 e. The van der Waals surface area contributed by atoms with E-state index in [0.717, 1.165) is 5.75 Å². The molecule has 0 spiro atoms. The van der Waals surface area contributed by atoms with Crippen LogP contribution in [0.3, 0.4) is 0 Å². The molecular weight excluding hydrogens is 358 g/mol. The van der Waals surface area contributed by atoms with E-state index in [4.69, 9.17) is 19.9 Å². The quantitative estimate of drug-likeness (QED) is 0.800. The van der Waals surface area contributed by atoms with Crippen molar-refractivity contribution in [3.8, 4) is 0 Å². The lowest BCUT2D eigenvalue weighted by Gasteiger charge is -2.40. The highest BCUT2D eigenvalue weighted by Crippen LogP contribution is 2.59.